The first-order valence-electron chi connectivity index (χ1n) is 13.2. The van der Waals surface area contributed by atoms with Crippen LogP contribution in [0, 0.1) is 11.3 Å². The highest BCUT2D eigenvalue weighted by atomic mass is 16.3. The van der Waals surface area contributed by atoms with Gasteiger partial charge >= 0.3 is 0 Å². The molecule has 0 amide bonds. The SMILES string of the molecule is N#Cc1cncc(-c2cccc(-c3cccc(-n4c5ccccc5c5ccc6oc7ccccc7c6c54)c3)c2)c1. The van der Waals surface area contributed by atoms with Crippen LogP contribution in [0.3, 0.4) is 0 Å². The lowest BCUT2D eigenvalue weighted by Crippen LogP contribution is -1.95. The fourth-order valence-corrected chi connectivity index (χ4v) is 5.90. The van der Waals surface area contributed by atoms with E-state index in [1.165, 1.54) is 10.8 Å². The molecular formula is C36H21N3O. The molecule has 3 heterocycles. The predicted molar refractivity (Wildman–Crippen MR) is 161 cm³/mol. The molecule has 0 bridgehead atoms. The van der Waals surface area contributed by atoms with Gasteiger partial charge in [-0.05, 0) is 65.2 Å². The van der Waals surface area contributed by atoms with Crippen LogP contribution < -0.4 is 0 Å². The molecule has 8 aromatic rings. The van der Waals surface area contributed by atoms with Gasteiger partial charge in [-0.15, -0.1) is 0 Å². The van der Waals surface area contributed by atoms with Crippen molar-refractivity contribution < 1.29 is 4.42 Å². The van der Waals surface area contributed by atoms with Crippen molar-refractivity contribution in [3.63, 3.8) is 0 Å². The molecule has 40 heavy (non-hydrogen) atoms. The third-order valence-electron chi connectivity index (χ3n) is 7.68. The molecule has 0 unspecified atom stereocenters. The maximum atomic E-state index is 9.33. The number of nitriles is 1. The van der Waals surface area contributed by atoms with Crippen molar-refractivity contribution in [2.45, 2.75) is 0 Å². The van der Waals surface area contributed by atoms with Crippen LogP contribution in [0.4, 0.5) is 0 Å². The van der Waals surface area contributed by atoms with Gasteiger partial charge in [0.15, 0.2) is 0 Å². The van der Waals surface area contributed by atoms with E-state index in [1.807, 2.05) is 18.2 Å². The summed E-state index contributed by atoms with van der Waals surface area (Å²) in [6, 6.07) is 42.2. The summed E-state index contributed by atoms with van der Waals surface area (Å²) in [5, 5.41) is 14.0. The lowest BCUT2D eigenvalue weighted by Gasteiger charge is -2.12. The number of aromatic nitrogens is 2. The van der Waals surface area contributed by atoms with Gasteiger partial charge in [-0.2, -0.15) is 5.26 Å². The molecule has 0 aliphatic heterocycles. The average Bonchev–Trinajstić information content (AvgIpc) is 3.57. The normalized spacial score (nSPS) is 11.5. The van der Waals surface area contributed by atoms with Crippen molar-refractivity contribution in [1.82, 2.24) is 9.55 Å². The van der Waals surface area contributed by atoms with Crippen LogP contribution in [-0.2, 0) is 0 Å². The maximum absolute atomic E-state index is 9.33. The molecule has 186 valence electrons. The van der Waals surface area contributed by atoms with Gasteiger partial charge in [0.1, 0.15) is 17.2 Å². The molecule has 0 saturated heterocycles. The van der Waals surface area contributed by atoms with E-state index in [4.69, 9.17) is 4.42 Å². The highest BCUT2D eigenvalue weighted by Gasteiger charge is 2.19. The summed E-state index contributed by atoms with van der Waals surface area (Å²) in [5.41, 5.74) is 9.87. The smallest absolute Gasteiger partial charge is 0.137 e. The standard InChI is InChI=1S/C36H21N3O/c37-20-23-17-27(22-38-21-23)25-8-5-7-24(18-25)26-9-6-10-28(19-26)39-32-13-3-1-11-29(32)30-15-16-34-35(36(30)39)31-12-2-4-14-33(31)40-34/h1-19,21-22H. The molecule has 0 fully saturated rings. The molecule has 5 aromatic carbocycles. The Bertz CT molecular complexity index is 2300. The Morgan fingerprint density at radius 2 is 1.35 bits per heavy atom. The molecule has 0 aliphatic rings. The summed E-state index contributed by atoms with van der Waals surface area (Å²) in [6.45, 7) is 0. The number of nitrogens with zero attached hydrogens (tertiary/aromatic N) is 3. The molecular weight excluding hydrogens is 490 g/mol. The summed E-state index contributed by atoms with van der Waals surface area (Å²) in [7, 11) is 0. The van der Waals surface area contributed by atoms with Gasteiger partial charge in [-0.25, -0.2) is 0 Å². The van der Waals surface area contributed by atoms with Crippen LogP contribution in [0.2, 0.25) is 0 Å². The highest BCUT2D eigenvalue weighted by molar-refractivity contribution is 6.24. The van der Waals surface area contributed by atoms with Crippen molar-refractivity contribution in [1.29, 1.82) is 5.26 Å². The quantitative estimate of drug-likeness (QED) is 0.237. The van der Waals surface area contributed by atoms with Crippen molar-refractivity contribution >= 4 is 43.7 Å². The molecule has 0 spiro atoms. The van der Waals surface area contributed by atoms with E-state index < -0.39 is 0 Å². The van der Waals surface area contributed by atoms with Crippen molar-refractivity contribution in [3.05, 3.63) is 133 Å². The zero-order valence-electron chi connectivity index (χ0n) is 21.4. The lowest BCUT2D eigenvalue weighted by atomic mass is 9.99. The van der Waals surface area contributed by atoms with Crippen LogP contribution in [0.15, 0.2) is 132 Å². The van der Waals surface area contributed by atoms with Gasteiger partial charge in [0.2, 0.25) is 0 Å². The second-order valence-corrected chi connectivity index (χ2v) is 9.99. The summed E-state index contributed by atoms with van der Waals surface area (Å²) < 4.78 is 8.64. The first kappa shape index (κ1) is 22.3. The number of fused-ring (bicyclic) bond motifs is 7. The maximum Gasteiger partial charge on any atom is 0.137 e. The van der Waals surface area contributed by atoms with Crippen LogP contribution in [0.25, 0.3) is 71.7 Å². The summed E-state index contributed by atoms with van der Waals surface area (Å²) in [5.74, 6) is 0. The number of benzene rings is 5. The van der Waals surface area contributed by atoms with Crippen LogP contribution in [-0.4, -0.2) is 9.55 Å². The van der Waals surface area contributed by atoms with Gasteiger partial charge in [-0.3, -0.25) is 4.98 Å². The Kier molecular flexibility index (Phi) is 4.85. The second kappa shape index (κ2) is 8.69. The van der Waals surface area contributed by atoms with Crippen molar-refractivity contribution in [2.24, 2.45) is 0 Å². The summed E-state index contributed by atoms with van der Waals surface area (Å²) >= 11 is 0. The molecule has 4 heteroatoms. The second-order valence-electron chi connectivity index (χ2n) is 9.99. The van der Waals surface area contributed by atoms with Gasteiger partial charge in [0.05, 0.1) is 22.0 Å². The number of rotatable bonds is 3. The third-order valence-corrected chi connectivity index (χ3v) is 7.68. The van der Waals surface area contributed by atoms with E-state index in [2.05, 4.69) is 113 Å². The van der Waals surface area contributed by atoms with Gasteiger partial charge in [0.25, 0.3) is 0 Å². The fraction of sp³-hybridized carbons (Fsp3) is 0. The topological polar surface area (TPSA) is 54.8 Å². The van der Waals surface area contributed by atoms with E-state index >= 15 is 0 Å². The molecule has 4 nitrogen and oxygen atoms in total. The molecule has 0 saturated carbocycles. The fourth-order valence-electron chi connectivity index (χ4n) is 5.90. The summed E-state index contributed by atoms with van der Waals surface area (Å²) in [4.78, 5) is 4.25. The minimum atomic E-state index is 0.550. The Hall–Kier alpha value is -5.66. The van der Waals surface area contributed by atoms with E-state index in [0.29, 0.717) is 5.56 Å². The number of pyridine rings is 1. The van der Waals surface area contributed by atoms with Crippen molar-refractivity contribution in [3.8, 4) is 34.0 Å². The van der Waals surface area contributed by atoms with Gasteiger partial charge in [-0.1, -0.05) is 66.7 Å². The minimum absolute atomic E-state index is 0.550. The molecule has 0 atom stereocenters. The van der Waals surface area contributed by atoms with Crippen LogP contribution in [0.5, 0.6) is 0 Å². The zero-order chi connectivity index (χ0) is 26.6. The molecule has 8 rings (SSSR count). The number of furan rings is 1. The molecule has 0 N–H and O–H groups in total. The predicted octanol–water partition coefficient (Wildman–Crippen LogP) is 9.28. The molecule has 3 aromatic heterocycles. The number of hydrogen-bond acceptors (Lipinski definition) is 3. The Morgan fingerprint density at radius 3 is 2.23 bits per heavy atom. The Labute approximate surface area is 230 Å². The largest absolute Gasteiger partial charge is 0.456 e. The zero-order valence-corrected chi connectivity index (χ0v) is 21.4. The number of hydrogen-bond donors (Lipinski definition) is 0. The van der Waals surface area contributed by atoms with E-state index in [0.717, 1.165) is 60.9 Å². The van der Waals surface area contributed by atoms with Crippen LogP contribution in [0.1, 0.15) is 5.56 Å². The highest BCUT2D eigenvalue weighted by Crippen LogP contribution is 2.41. The minimum Gasteiger partial charge on any atom is -0.456 e. The Morgan fingerprint density at radius 1 is 0.600 bits per heavy atom. The summed E-state index contributed by atoms with van der Waals surface area (Å²) in [6.07, 6.45) is 3.39. The van der Waals surface area contributed by atoms with Crippen LogP contribution >= 0.6 is 0 Å². The monoisotopic (exact) mass is 511 g/mol. The first-order chi connectivity index (χ1) is 19.8. The molecule has 0 radical (unpaired) electrons. The Balaban J connectivity index is 1.37. The van der Waals surface area contributed by atoms with E-state index in [9.17, 15) is 5.26 Å². The van der Waals surface area contributed by atoms with E-state index in [1.54, 1.807) is 12.4 Å². The van der Waals surface area contributed by atoms with Gasteiger partial charge < -0.3 is 8.98 Å². The van der Waals surface area contributed by atoms with Gasteiger partial charge in [0, 0.05) is 39.8 Å². The molecule has 0 aliphatic carbocycles. The lowest BCUT2D eigenvalue weighted by molar-refractivity contribution is 0.669. The van der Waals surface area contributed by atoms with Crippen molar-refractivity contribution in [2.75, 3.05) is 0 Å². The number of para-hydroxylation sites is 2. The average molecular weight is 512 g/mol. The van der Waals surface area contributed by atoms with E-state index in [-0.39, 0.29) is 0 Å². The first-order valence-corrected chi connectivity index (χ1v) is 13.2. The third kappa shape index (κ3) is 3.35.